The van der Waals surface area contributed by atoms with Crippen molar-refractivity contribution in [2.45, 2.75) is 44.8 Å². The number of anilines is 2. The molecule has 0 spiro atoms. The lowest BCUT2D eigenvalue weighted by molar-refractivity contribution is -0.117. The number of nitrogens with one attached hydrogen (secondary N) is 2. The van der Waals surface area contributed by atoms with Crippen LogP contribution in [0.3, 0.4) is 0 Å². The maximum Gasteiger partial charge on any atom is 0.319 e. The summed E-state index contributed by atoms with van der Waals surface area (Å²) in [6.07, 6.45) is 6.66. The molecule has 3 amide bonds. The minimum Gasteiger partial charge on any atom is -0.474 e. The van der Waals surface area contributed by atoms with Crippen molar-refractivity contribution in [2.24, 2.45) is 0 Å². The highest BCUT2D eigenvalue weighted by atomic mass is 16.5. The number of benzene rings is 2. The Morgan fingerprint density at radius 2 is 1.74 bits per heavy atom. The molecule has 1 aliphatic rings. The number of rotatable bonds is 8. The quantitative estimate of drug-likeness (QED) is 0.501. The zero-order chi connectivity index (χ0) is 23.8. The third-order valence-electron chi connectivity index (χ3n) is 5.95. The second kappa shape index (κ2) is 11.3. The predicted molar refractivity (Wildman–Crippen MR) is 133 cm³/mol. The summed E-state index contributed by atoms with van der Waals surface area (Å²) in [6, 6.07) is 20.3. The molecule has 0 atom stereocenters. The number of urea groups is 1. The van der Waals surface area contributed by atoms with Crippen LogP contribution in [0, 0.1) is 0 Å². The van der Waals surface area contributed by atoms with Gasteiger partial charge in [-0.2, -0.15) is 0 Å². The van der Waals surface area contributed by atoms with Gasteiger partial charge in [0.1, 0.15) is 6.10 Å². The number of carbonyl (C=O) groups excluding carboxylic acids is 2. The molecule has 1 heterocycles. The molecule has 0 aliphatic heterocycles. The molecule has 0 unspecified atom stereocenters. The Morgan fingerprint density at radius 3 is 2.47 bits per heavy atom. The van der Waals surface area contributed by atoms with Crippen LogP contribution in [0.5, 0.6) is 5.88 Å². The van der Waals surface area contributed by atoms with E-state index in [1.165, 1.54) is 12.8 Å². The summed E-state index contributed by atoms with van der Waals surface area (Å²) in [5, 5.41) is 5.69. The number of likely N-dealkylation sites (N-methyl/N-ethyl adjacent to an activating group) is 1. The Morgan fingerprint density at radius 1 is 1.00 bits per heavy atom. The van der Waals surface area contributed by atoms with Crippen molar-refractivity contribution in [1.29, 1.82) is 0 Å². The Hall–Kier alpha value is -3.87. The number of para-hydroxylation sites is 1. The molecule has 1 aliphatic carbocycles. The minimum atomic E-state index is -0.316. The highest BCUT2D eigenvalue weighted by molar-refractivity contribution is 5.94. The first-order chi connectivity index (χ1) is 16.6. The number of hydrogen-bond acceptors (Lipinski definition) is 4. The second-order valence-electron chi connectivity index (χ2n) is 8.46. The van der Waals surface area contributed by atoms with Crippen molar-refractivity contribution in [3.8, 4) is 5.88 Å². The van der Waals surface area contributed by atoms with Crippen molar-refractivity contribution in [3.05, 3.63) is 84.1 Å². The largest absolute Gasteiger partial charge is 0.474 e. The topological polar surface area (TPSA) is 83.6 Å². The van der Waals surface area contributed by atoms with Crippen LogP contribution in [-0.2, 0) is 17.8 Å². The third-order valence-corrected chi connectivity index (χ3v) is 5.95. The van der Waals surface area contributed by atoms with Gasteiger partial charge in [-0.25, -0.2) is 9.78 Å². The molecule has 0 radical (unpaired) electrons. The molecular formula is C27H30N4O3. The summed E-state index contributed by atoms with van der Waals surface area (Å²) in [5.74, 6) is 0.584. The first-order valence-corrected chi connectivity index (χ1v) is 11.6. The fourth-order valence-electron chi connectivity index (χ4n) is 3.97. The van der Waals surface area contributed by atoms with Crippen LogP contribution in [0.2, 0.25) is 0 Å². The van der Waals surface area contributed by atoms with Gasteiger partial charge in [0.15, 0.2) is 0 Å². The molecule has 2 aromatic carbocycles. The second-order valence-corrected chi connectivity index (χ2v) is 8.46. The van der Waals surface area contributed by atoms with E-state index in [1.807, 2.05) is 54.6 Å². The van der Waals surface area contributed by atoms with Crippen LogP contribution in [0.1, 0.15) is 36.8 Å². The average molecular weight is 459 g/mol. The fourth-order valence-corrected chi connectivity index (χ4v) is 3.97. The molecule has 2 N–H and O–H groups in total. The molecule has 7 heteroatoms. The number of nitrogens with zero attached hydrogens (tertiary/aromatic N) is 2. The van der Waals surface area contributed by atoms with E-state index in [0.29, 0.717) is 18.1 Å². The Balaban J connectivity index is 1.27. The SMILES string of the molecule is CN(C(=O)Cc1ccc(NC(=O)NCc2cccnc2OC2CCCC2)cc1)c1ccccc1. The lowest BCUT2D eigenvalue weighted by Gasteiger charge is -2.17. The number of pyridine rings is 1. The van der Waals surface area contributed by atoms with Gasteiger partial charge in [-0.15, -0.1) is 0 Å². The number of aromatic nitrogens is 1. The van der Waals surface area contributed by atoms with E-state index < -0.39 is 0 Å². The van der Waals surface area contributed by atoms with Gasteiger partial charge in [0.25, 0.3) is 0 Å². The fraction of sp³-hybridized carbons (Fsp3) is 0.296. The first kappa shape index (κ1) is 23.3. The molecule has 1 fully saturated rings. The smallest absolute Gasteiger partial charge is 0.319 e. The van der Waals surface area contributed by atoms with Crippen molar-refractivity contribution in [2.75, 3.05) is 17.3 Å². The number of carbonyl (C=O) groups is 2. The first-order valence-electron chi connectivity index (χ1n) is 11.6. The zero-order valence-electron chi connectivity index (χ0n) is 19.4. The lowest BCUT2D eigenvalue weighted by atomic mass is 10.1. The van der Waals surface area contributed by atoms with Crippen LogP contribution >= 0.6 is 0 Å². The number of amides is 3. The number of ether oxygens (including phenoxy) is 1. The summed E-state index contributed by atoms with van der Waals surface area (Å²) in [6.45, 7) is 0.320. The molecule has 7 nitrogen and oxygen atoms in total. The van der Waals surface area contributed by atoms with Gasteiger partial charge in [-0.1, -0.05) is 36.4 Å². The van der Waals surface area contributed by atoms with Gasteiger partial charge in [0, 0.05) is 36.7 Å². The van der Waals surface area contributed by atoms with E-state index in [-0.39, 0.29) is 24.5 Å². The van der Waals surface area contributed by atoms with Crippen LogP contribution in [0.25, 0.3) is 0 Å². The number of hydrogen-bond donors (Lipinski definition) is 2. The molecule has 3 aromatic rings. The van der Waals surface area contributed by atoms with Gasteiger partial charge in [-0.05, 0) is 61.6 Å². The third kappa shape index (κ3) is 6.34. The molecule has 0 saturated heterocycles. The van der Waals surface area contributed by atoms with Crippen molar-refractivity contribution in [1.82, 2.24) is 10.3 Å². The maximum absolute atomic E-state index is 12.6. The molecule has 1 aromatic heterocycles. The summed E-state index contributed by atoms with van der Waals surface area (Å²) in [4.78, 5) is 31.0. The summed E-state index contributed by atoms with van der Waals surface area (Å²) in [5.41, 5.74) is 3.23. The van der Waals surface area contributed by atoms with Crippen molar-refractivity contribution >= 4 is 23.3 Å². The molecule has 176 valence electrons. The molecule has 34 heavy (non-hydrogen) atoms. The van der Waals surface area contributed by atoms with E-state index in [0.717, 1.165) is 29.7 Å². The molecule has 0 bridgehead atoms. The van der Waals surface area contributed by atoms with Crippen LogP contribution in [0.15, 0.2) is 72.9 Å². The van der Waals surface area contributed by atoms with Gasteiger partial charge >= 0.3 is 6.03 Å². The summed E-state index contributed by atoms with van der Waals surface area (Å²) >= 11 is 0. The van der Waals surface area contributed by atoms with Crippen molar-refractivity contribution in [3.63, 3.8) is 0 Å². The van der Waals surface area contributed by atoms with Crippen molar-refractivity contribution < 1.29 is 14.3 Å². The van der Waals surface area contributed by atoms with Gasteiger partial charge in [0.2, 0.25) is 11.8 Å². The monoisotopic (exact) mass is 458 g/mol. The summed E-state index contributed by atoms with van der Waals surface area (Å²) in [7, 11) is 1.77. The van der Waals surface area contributed by atoms with Gasteiger partial charge < -0.3 is 20.3 Å². The van der Waals surface area contributed by atoms with E-state index in [1.54, 1.807) is 30.3 Å². The van der Waals surface area contributed by atoms with E-state index in [9.17, 15) is 9.59 Å². The Bertz CT molecular complexity index is 1100. The molecular weight excluding hydrogens is 428 g/mol. The highest BCUT2D eigenvalue weighted by Gasteiger charge is 2.19. The van der Waals surface area contributed by atoms with Crippen LogP contribution in [-0.4, -0.2) is 30.1 Å². The lowest BCUT2D eigenvalue weighted by Crippen LogP contribution is -2.29. The molecule has 4 rings (SSSR count). The van der Waals surface area contributed by atoms with Crippen LogP contribution < -0.4 is 20.3 Å². The minimum absolute atomic E-state index is 0.00301. The normalized spacial score (nSPS) is 13.3. The Kier molecular flexibility index (Phi) is 7.75. The van der Waals surface area contributed by atoms with Gasteiger partial charge in [-0.3, -0.25) is 4.79 Å². The van der Waals surface area contributed by atoms with Gasteiger partial charge in [0.05, 0.1) is 6.42 Å². The Labute approximate surface area is 200 Å². The zero-order valence-corrected chi connectivity index (χ0v) is 19.4. The highest BCUT2D eigenvalue weighted by Crippen LogP contribution is 2.25. The standard InChI is InChI=1S/C27H30N4O3/c1-31(23-9-3-2-4-10-23)25(32)18-20-13-15-22(16-14-20)30-27(33)29-19-21-8-7-17-28-26(21)34-24-11-5-6-12-24/h2-4,7-10,13-17,24H,5-6,11-12,18-19H2,1H3,(H2,29,30,33). The maximum atomic E-state index is 12.6. The van der Waals surface area contributed by atoms with E-state index in [2.05, 4.69) is 15.6 Å². The van der Waals surface area contributed by atoms with Crippen LogP contribution in [0.4, 0.5) is 16.2 Å². The van der Waals surface area contributed by atoms with E-state index in [4.69, 9.17) is 4.74 Å². The average Bonchev–Trinajstić information content (AvgIpc) is 3.38. The summed E-state index contributed by atoms with van der Waals surface area (Å²) < 4.78 is 6.03. The molecule has 1 saturated carbocycles. The van der Waals surface area contributed by atoms with E-state index >= 15 is 0 Å². The predicted octanol–water partition coefficient (Wildman–Crippen LogP) is 4.93.